The predicted octanol–water partition coefficient (Wildman–Crippen LogP) is 3.44. The molecular weight excluding hydrogens is 411 g/mol. The van der Waals surface area contributed by atoms with E-state index < -0.39 is 0 Å². The first-order chi connectivity index (χ1) is 14.5. The normalized spacial score (nSPS) is 10.9. The standard InChI is InChI=1S/C20H18ClFN6O2/c1-30-17-7-4-13(21)8-16(17)23-11-15-9-18(29)28-20(25-15)26-19(27-28)24-10-12-2-5-14(22)6-3-12/h2-9,23H,10-11H2,1H3,(H2,24,25,26,27). The Kier molecular flexibility index (Phi) is 5.53. The third kappa shape index (κ3) is 4.36. The van der Waals surface area contributed by atoms with Crippen molar-refractivity contribution in [2.75, 3.05) is 17.7 Å². The van der Waals surface area contributed by atoms with Crippen LogP contribution in [0.1, 0.15) is 11.3 Å². The summed E-state index contributed by atoms with van der Waals surface area (Å²) >= 11 is 6.04. The maximum atomic E-state index is 13.0. The molecule has 0 unspecified atom stereocenters. The molecular formula is C20H18ClFN6O2. The number of aromatic amines is 1. The van der Waals surface area contributed by atoms with Crippen LogP contribution in [0.4, 0.5) is 16.0 Å². The maximum absolute atomic E-state index is 13.0. The topological polar surface area (TPSA) is 96.3 Å². The van der Waals surface area contributed by atoms with E-state index in [1.54, 1.807) is 37.4 Å². The molecule has 0 saturated carbocycles. The van der Waals surface area contributed by atoms with E-state index in [1.807, 2.05) is 0 Å². The van der Waals surface area contributed by atoms with Crippen molar-refractivity contribution in [3.63, 3.8) is 0 Å². The van der Waals surface area contributed by atoms with Gasteiger partial charge in [0.25, 0.3) is 11.3 Å². The third-order valence-electron chi connectivity index (χ3n) is 4.38. The number of H-pyrrole nitrogens is 1. The van der Waals surface area contributed by atoms with Gasteiger partial charge in [0.15, 0.2) is 0 Å². The molecule has 2 aromatic heterocycles. The summed E-state index contributed by atoms with van der Waals surface area (Å²) in [5, 5.41) is 9.65. The van der Waals surface area contributed by atoms with E-state index in [4.69, 9.17) is 16.3 Å². The number of aromatic nitrogens is 4. The van der Waals surface area contributed by atoms with Gasteiger partial charge in [0.2, 0.25) is 5.95 Å². The van der Waals surface area contributed by atoms with Crippen LogP contribution < -0.4 is 20.9 Å². The minimum atomic E-state index is -0.297. The molecule has 30 heavy (non-hydrogen) atoms. The van der Waals surface area contributed by atoms with Gasteiger partial charge in [-0.1, -0.05) is 23.7 Å². The molecule has 0 aliphatic carbocycles. The van der Waals surface area contributed by atoms with Gasteiger partial charge in [0.1, 0.15) is 11.6 Å². The number of anilines is 2. The van der Waals surface area contributed by atoms with Crippen molar-refractivity contribution in [3.8, 4) is 5.75 Å². The highest BCUT2D eigenvalue weighted by Gasteiger charge is 2.10. The Morgan fingerprint density at radius 2 is 1.90 bits per heavy atom. The van der Waals surface area contributed by atoms with Gasteiger partial charge in [-0.3, -0.25) is 9.89 Å². The van der Waals surface area contributed by atoms with E-state index in [-0.39, 0.29) is 23.7 Å². The number of benzene rings is 2. The van der Waals surface area contributed by atoms with Crippen LogP contribution >= 0.6 is 11.6 Å². The molecule has 4 aromatic rings. The van der Waals surface area contributed by atoms with Crippen LogP contribution in [0, 0.1) is 5.82 Å². The molecule has 2 aromatic carbocycles. The van der Waals surface area contributed by atoms with Crippen molar-refractivity contribution in [1.29, 1.82) is 0 Å². The van der Waals surface area contributed by atoms with Gasteiger partial charge >= 0.3 is 0 Å². The fourth-order valence-corrected chi connectivity index (χ4v) is 3.06. The molecule has 0 radical (unpaired) electrons. The van der Waals surface area contributed by atoms with Gasteiger partial charge in [-0.2, -0.15) is 9.50 Å². The van der Waals surface area contributed by atoms with Crippen LogP contribution in [0.5, 0.6) is 5.75 Å². The molecule has 8 nitrogen and oxygen atoms in total. The number of hydrogen-bond acceptors (Lipinski definition) is 6. The fraction of sp³-hybridized carbons (Fsp3) is 0.150. The molecule has 10 heteroatoms. The zero-order chi connectivity index (χ0) is 21.1. The number of methoxy groups -OCH3 is 1. The summed E-state index contributed by atoms with van der Waals surface area (Å²) in [4.78, 5) is 21.1. The van der Waals surface area contributed by atoms with Gasteiger partial charge in [0.05, 0.1) is 25.0 Å². The average Bonchev–Trinajstić information content (AvgIpc) is 3.16. The lowest BCUT2D eigenvalue weighted by Crippen LogP contribution is -2.17. The number of rotatable bonds is 7. The lowest BCUT2D eigenvalue weighted by molar-refractivity contribution is 0.416. The van der Waals surface area contributed by atoms with Crippen molar-refractivity contribution in [3.05, 3.63) is 81.0 Å². The molecule has 3 N–H and O–H groups in total. The van der Waals surface area contributed by atoms with E-state index in [0.29, 0.717) is 34.6 Å². The summed E-state index contributed by atoms with van der Waals surface area (Å²) in [6.07, 6.45) is 0. The Morgan fingerprint density at radius 1 is 1.10 bits per heavy atom. The first-order valence-corrected chi connectivity index (χ1v) is 9.44. The Hall–Kier alpha value is -3.59. The highest BCUT2D eigenvalue weighted by Crippen LogP contribution is 2.27. The molecule has 0 bridgehead atoms. The summed E-state index contributed by atoms with van der Waals surface area (Å²) in [6, 6.07) is 12.7. The second kappa shape index (κ2) is 8.42. The van der Waals surface area contributed by atoms with Crippen LogP contribution in [-0.4, -0.2) is 26.7 Å². The van der Waals surface area contributed by atoms with Crippen molar-refractivity contribution >= 4 is 29.0 Å². The van der Waals surface area contributed by atoms with E-state index >= 15 is 0 Å². The Balaban J connectivity index is 1.50. The summed E-state index contributed by atoms with van der Waals surface area (Å²) in [6.45, 7) is 0.700. The first kappa shape index (κ1) is 19.7. The molecule has 0 spiro atoms. The van der Waals surface area contributed by atoms with E-state index in [0.717, 1.165) is 5.56 Å². The molecule has 154 valence electrons. The lowest BCUT2D eigenvalue weighted by atomic mass is 10.2. The van der Waals surface area contributed by atoms with Crippen molar-refractivity contribution in [1.82, 2.24) is 19.6 Å². The molecule has 0 fully saturated rings. The van der Waals surface area contributed by atoms with Crippen LogP contribution in [0.2, 0.25) is 5.02 Å². The van der Waals surface area contributed by atoms with Crippen LogP contribution in [0.3, 0.4) is 0 Å². The van der Waals surface area contributed by atoms with Crippen molar-refractivity contribution in [2.45, 2.75) is 13.1 Å². The maximum Gasteiger partial charge on any atom is 0.274 e. The molecule has 0 aliphatic rings. The second-order valence-electron chi connectivity index (χ2n) is 6.47. The number of hydrogen-bond donors (Lipinski definition) is 3. The van der Waals surface area contributed by atoms with E-state index in [1.165, 1.54) is 22.7 Å². The largest absolute Gasteiger partial charge is 0.495 e. The third-order valence-corrected chi connectivity index (χ3v) is 4.61. The zero-order valence-electron chi connectivity index (χ0n) is 15.9. The molecule has 0 atom stereocenters. The number of halogens is 2. The van der Waals surface area contributed by atoms with Crippen molar-refractivity contribution < 1.29 is 9.13 Å². The SMILES string of the molecule is COc1ccc(Cl)cc1NCc1cc(=O)n2[nH]c(NCc3ccc(F)cc3)nc2n1. The van der Waals surface area contributed by atoms with Gasteiger partial charge < -0.3 is 15.4 Å². The monoisotopic (exact) mass is 428 g/mol. The highest BCUT2D eigenvalue weighted by molar-refractivity contribution is 6.30. The number of fused-ring (bicyclic) bond motifs is 1. The Morgan fingerprint density at radius 3 is 2.67 bits per heavy atom. The number of nitrogens with zero attached hydrogens (tertiary/aromatic N) is 3. The quantitative estimate of drug-likeness (QED) is 0.417. The van der Waals surface area contributed by atoms with Gasteiger partial charge in [-0.25, -0.2) is 9.37 Å². The van der Waals surface area contributed by atoms with Gasteiger partial charge in [0, 0.05) is 17.6 Å². The Labute approximate surface area is 175 Å². The van der Waals surface area contributed by atoms with Gasteiger partial charge in [-0.15, -0.1) is 0 Å². The molecule has 0 amide bonds. The van der Waals surface area contributed by atoms with Crippen LogP contribution in [0.25, 0.3) is 5.78 Å². The van der Waals surface area contributed by atoms with Gasteiger partial charge in [-0.05, 0) is 35.9 Å². The van der Waals surface area contributed by atoms with Crippen LogP contribution in [0.15, 0.2) is 53.3 Å². The minimum Gasteiger partial charge on any atom is -0.495 e. The fourth-order valence-electron chi connectivity index (χ4n) is 2.89. The van der Waals surface area contributed by atoms with Crippen LogP contribution in [-0.2, 0) is 13.1 Å². The van der Waals surface area contributed by atoms with E-state index in [2.05, 4.69) is 25.7 Å². The number of nitrogens with one attached hydrogen (secondary N) is 3. The molecule has 2 heterocycles. The molecule has 4 rings (SSSR count). The first-order valence-electron chi connectivity index (χ1n) is 9.06. The minimum absolute atomic E-state index is 0.235. The zero-order valence-corrected chi connectivity index (χ0v) is 16.7. The summed E-state index contributed by atoms with van der Waals surface area (Å²) in [5.74, 6) is 0.948. The average molecular weight is 429 g/mol. The smallest absolute Gasteiger partial charge is 0.274 e. The van der Waals surface area contributed by atoms with Crippen molar-refractivity contribution in [2.24, 2.45) is 0 Å². The highest BCUT2D eigenvalue weighted by atomic mass is 35.5. The second-order valence-corrected chi connectivity index (χ2v) is 6.91. The lowest BCUT2D eigenvalue weighted by Gasteiger charge is -2.11. The van der Waals surface area contributed by atoms with E-state index in [9.17, 15) is 9.18 Å². The molecule has 0 saturated heterocycles. The summed E-state index contributed by atoms with van der Waals surface area (Å²) in [7, 11) is 1.56. The Bertz CT molecular complexity index is 1240. The summed E-state index contributed by atoms with van der Waals surface area (Å²) in [5.41, 5.74) is 1.78. The summed E-state index contributed by atoms with van der Waals surface area (Å²) < 4.78 is 19.5. The predicted molar refractivity (Wildman–Crippen MR) is 113 cm³/mol. The molecule has 0 aliphatic heterocycles. The number of ether oxygens (including phenoxy) is 1.